The van der Waals surface area contributed by atoms with Gasteiger partial charge in [-0.25, -0.2) is 9.67 Å². The van der Waals surface area contributed by atoms with Crippen molar-refractivity contribution < 1.29 is 27.1 Å². The van der Waals surface area contributed by atoms with Crippen LogP contribution >= 0.6 is 11.6 Å². The van der Waals surface area contributed by atoms with Gasteiger partial charge >= 0.3 is 6.18 Å². The summed E-state index contributed by atoms with van der Waals surface area (Å²) in [4.78, 5) is 19.1. The van der Waals surface area contributed by atoms with Crippen LogP contribution in [0.4, 0.5) is 24.7 Å². The molecule has 1 saturated heterocycles. The second kappa shape index (κ2) is 12.4. The minimum absolute atomic E-state index is 0.00336. The molecule has 4 aromatic rings. The number of nitrogens with one attached hydrogen (secondary N) is 1. The molecule has 1 aliphatic rings. The summed E-state index contributed by atoms with van der Waals surface area (Å²) in [6.45, 7) is 2.79. The molecule has 3 aromatic heterocycles. The van der Waals surface area contributed by atoms with Crippen molar-refractivity contribution in [2.24, 2.45) is 0 Å². The maximum absolute atomic E-state index is 13.9. The number of hydrogen-bond acceptors (Lipinski definition) is 10. The van der Waals surface area contributed by atoms with Crippen molar-refractivity contribution in [1.29, 1.82) is 0 Å². The average molecular weight is 606 g/mol. The Morgan fingerprint density at radius 1 is 1.14 bits per heavy atom. The summed E-state index contributed by atoms with van der Waals surface area (Å²) in [7, 11) is 1.50. The third-order valence-corrected chi connectivity index (χ3v) is 6.79. The van der Waals surface area contributed by atoms with E-state index in [0.717, 1.165) is 16.7 Å². The Balaban J connectivity index is 1.15. The largest absolute Gasteiger partial charge is 0.497 e. The fourth-order valence-corrected chi connectivity index (χ4v) is 4.50. The van der Waals surface area contributed by atoms with Crippen LogP contribution in [0.1, 0.15) is 35.7 Å². The van der Waals surface area contributed by atoms with Gasteiger partial charge in [0, 0.05) is 25.3 Å². The van der Waals surface area contributed by atoms with Crippen LogP contribution in [0.5, 0.6) is 5.75 Å². The van der Waals surface area contributed by atoms with E-state index >= 15 is 0 Å². The number of hydrogen-bond donors (Lipinski definition) is 1. The van der Waals surface area contributed by atoms with Crippen molar-refractivity contribution in [1.82, 2.24) is 25.0 Å². The van der Waals surface area contributed by atoms with Crippen molar-refractivity contribution >= 4 is 23.1 Å². The highest BCUT2D eigenvalue weighted by atomic mass is 35.5. The second-order valence-corrected chi connectivity index (χ2v) is 10.2. The molecule has 5 rings (SSSR count). The summed E-state index contributed by atoms with van der Waals surface area (Å²) in [6.07, 6.45) is -2.32. The van der Waals surface area contributed by atoms with Crippen LogP contribution in [-0.2, 0) is 24.1 Å². The monoisotopic (exact) mass is 605 g/mol. The molecule has 4 heterocycles. The van der Waals surface area contributed by atoms with Gasteiger partial charge < -0.3 is 24.1 Å². The lowest BCUT2D eigenvalue weighted by molar-refractivity contribution is -0.138. The molecule has 42 heavy (non-hydrogen) atoms. The minimum atomic E-state index is -4.90. The second-order valence-electron chi connectivity index (χ2n) is 9.77. The Bertz CT molecular complexity index is 1560. The Kier molecular flexibility index (Phi) is 8.64. The maximum Gasteiger partial charge on any atom is 0.423 e. The summed E-state index contributed by atoms with van der Waals surface area (Å²) in [5.41, 5.74) is -2.42. The van der Waals surface area contributed by atoms with Gasteiger partial charge in [0.25, 0.3) is 5.56 Å². The van der Waals surface area contributed by atoms with Crippen molar-refractivity contribution in [3.63, 3.8) is 0 Å². The van der Waals surface area contributed by atoms with E-state index in [4.69, 9.17) is 25.5 Å². The van der Waals surface area contributed by atoms with Gasteiger partial charge in [-0.15, -0.1) is 10.2 Å². The van der Waals surface area contributed by atoms with Crippen molar-refractivity contribution in [3.8, 4) is 5.75 Å². The third kappa shape index (κ3) is 6.82. The molecule has 1 atom stereocenters. The predicted molar refractivity (Wildman–Crippen MR) is 147 cm³/mol. The van der Waals surface area contributed by atoms with Crippen LogP contribution < -0.4 is 20.5 Å². The van der Waals surface area contributed by atoms with E-state index in [1.54, 1.807) is 43.5 Å². The number of anilines is 2. The number of halogens is 4. The molecule has 1 N–H and O–H groups in total. The number of methoxy groups -OCH3 is 1. The van der Waals surface area contributed by atoms with Gasteiger partial charge in [-0.2, -0.15) is 18.3 Å². The predicted octanol–water partition coefficient (Wildman–Crippen LogP) is 4.37. The van der Waals surface area contributed by atoms with Gasteiger partial charge in [0.15, 0.2) is 0 Å². The zero-order valence-corrected chi connectivity index (χ0v) is 23.4. The smallest absolute Gasteiger partial charge is 0.423 e. The van der Waals surface area contributed by atoms with E-state index in [2.05, 4.69) is 30.5 Å². The molecule has 0 aliphatic carbocycles. The van der Waals surface area contributed by atoms with Gasteiger partial charge in [0.2, 0.25) is 11.8 Å². The molecule has 11 nitrogen and oxygen atoms in total. The Morgan fingerprint density at radius 2 is 1.90 bits per heavy atom. The molecule has 0 spiro atoms. The van der Waals surface area contributed by atoms with Crippen LogP contribution in [-0.4, -0.2) is 57.8 Å². The Morgan fingerprint density at radius 3 is 2.57 bits per heavy atom. The average Bonchev–Trinajstić information content (AvgIpc) is 3.38. The van der Waals surface area contributed by atoms with E-state index in [1.807, 2.05) is 6.07 Å². The lowest BCUT2D eigenvalue weighted by atomic mass is 10.0. The molecular formula is C27H27ClF3N7O4. The zero-order chi connectivity index (χ0) is 29.9. The normalized spacial score (nSPS) is 14.5. The number of aromatic nitrogens is 5. The molecule has 222 valence electrons. The third-order valence-electron chi connectivity index (χ3n) is 6.56. The molecule has 0 saturated carbocycles. The molecular weight excluding hydrogens is 579 g/mol. The molecule has 1 unspecified atom stereocenters. The first-order valence-electron chi connectivity index (χ1n) is 12.9. The molecule has 1 aromatic carbocycles. The van der Waals surface area contributed by atoms with Crippen LogP contribution in [0.25, 0.3) is 0 Å². The highest BCUT2D eigenvalue weighted by molar-refractivity contribution is 6.30. The van der Waals surface area contributed by atoms with Crippen molar-refractivity contribution in [2.45, 2.75) is 38.2 Å². The molecule has 1 aliphatic heterocycles. The Labute approximate surface area is 243 Å². The lowest BCUT2D eigenvalue weighted by Gasteiger charge is -2.38. The first-order chi connectivity index (χ1) is 20.1. The number of pyridine rings is 1. The first-order valence-corrected chi connectivity index (χ1v) is 13.3. The molecule has 0 radical (unpaired) electrons. The number of nitrogens with zero attached hydrogens (tertiary/aromatic N) is 6. The first kappa shape index (κ1) is 29.3. The highest BCUT2D eigenvalue weighted by Gasteiger charge is 2.38. The quantitative estimate of drug-likeness (QED) is 0.264. The minimum Gasteiger partial charge on any atom is -0.497 e. The van der Waals surface area contributed by atoms with Gasteiger partial charge in [-0.3, -0.25) is 4.79 Å². The van der Waals surface area contributed by atoms with Crippen molar-refractivity contribution in [3.05, 3.63) is 87.1 Å². The number of ether oxygens (including phenoxy) is 2. The summed E-state index contributed by atoms with van der Waals surface area (Å²) in [5, 5.41) is 15.3. The summed E-state index contributed by atoms with van der Waals surface area (Å²) in [6, 6.07) is 9.61. The van der Waals surface area contributed by atoms with E-state index in [0.29, 0.717) is 35.3 Å². The zero-order valence-electron chi connectivity index (χ0n) is 22.6. The van der Waals surface area contributed by atoms with E-state index in [9.17, 15) is 18.0 Å². The van der Waals surface area contributed by atoms with E-state index in [-0.39, 0.29) is 31.6 Å². The fraction of sp³-hybridized carbons (Fsp3) is 0.370. The Hall–Kier alpha value is -4.17. The van der Waals surface area contributed by atoms with Crippen LogP contribution in [0, 0.1) is 0 Å². The summed E-state index contributed by atoms with van der Waals surface area (Å²) < 4.78 is 58.9. The number of alkyl halides is 3. The number of benzene rings is 1. The molecule has 0 amide bonds. The SMILES string of the molecule is COc1ccc(Cn2ncc(NC(C)COCc3nnc(C4CN(c5ccc(Cl)cn5)C4)o3)c(C(F)(F)F)c2=O)cc1. The van der Waals surface area contributed by atoms with Gasteiger partial charge in [-0.1, -0.05) is 23.7 Å². The van der Waals surface area contributed by atoms with Gasteiger partial charge in [0.1, 0.15) is 23.7 Å². The van der Waals surface area contributed by atoms with Crippen LogP contribution in [0.3, 0.4) is 0 Å². The topological polar surface area (TPSA) is 120 Å². The number of rotatable bonds is 11. The highest BCUT2D eigenvalue weighted by Crippen LogP contribution is 2.32. The van der Waals surface area contributed by atoms with Crippen LogP contribution in [0.2, 0.25) is 5.02 Å². The van der Waals surface area contributed by atoms with E-state index < -0.39 is 29.0 Å². The molecule has 1 fully saturated rings. The maximum atomic E-state index is 13.9. The molecule has 0 bridgehead atoms. The lowest BCUT2D eigenvalue weighted by Crippen LogP contribution is -2.45. The summed E-state index contributed by atoms with van der Waals surface area (Å²) in [5.74, 6) is 2.16. The van der Waals surface area contributed by atoms with Crippen LogP contribution in [0.15, 0.2) is 58.0 Å². The molecule has 15 heteroatoms. The fourth-order valence-electron chi connectivity index (χ4n) is 4.39. The standard InChI is InChI=1S/C27H27ClF3N7O4/c1-16(14-41-15-23-35-36-25(42-23)18-12-37(13-18)22-8-5-19(28)9-32-22)34-21-10-33-38(26(39)24(21)27(29,30)31)11-17-3-6-20(40-2)7-4-17/h3-10,16,18,34H,11-15H2,1-2H3. The van der Waals surface area contributed by atoms with E-state index in [1.165, 1.54) is 7.11 Å². The summed E-state index contributed by atoms with van der Waals surface area (Å²) >= 11 is 5.88. The van der Waals surface area contributed by atoms with Gasteiger partial charge in [0.05, 0.1) is 43.1 Å². The van der Waals surface area contributed by atoms with Gasteiger partial charge in [-0.05, 0) is 36.8 Å². The van der Waals surface area contributed by atoms with Crippen molar-refractivity contribution in [2.75, 3.05) is 37.0 Å².